The normalized spacial score (nSPS) is 20.7. The molecule has 1 aromatic heterocycles. The Balaban J connectivity index is 1.63. The average molecular weight is 307 g/mol. The van der Waals surface area contributed by atoms with Crippen LogP contribution in [0.5, 0.6) is 0 Å². The molecule has 1 aromatic carbocycles. The minimum Gasteiger partial charge on any atom is -0.419 e. The van der Waals surface area contributed by atoms with Crippen LogP contribution in [0.1, 0.15) is 17.9 Å². The van der Waals surface area contributed by atoms with Gasteiger partial charge in [0.25, 0.3) is 0 Å². The molecule has 1 fully saturated rings. The molecule has 0 saturated carbocycles. The molecule has 2 aromatic rings. The Morgan fingerprint density at radius 1 is 1.38 bits per heavy atom. The lowest BCUT2D eigenvalue weighted by Crippen LogP contribution is -2.29. The van der Waals surface area contributed by atoms with Crippen molar-refractivity contribution in [3.8, 4) is 11.5 Å². The van der Waals surface area contributed by atoms with Crippen LogP contribution in [-0.2, 0) is 16.4 Å². The second kappa shape index (κ2) is 5.57. The van der Waals surface area contributed by atoms with Crippen LogP contribution in [-0.4, -0.2) is 36.2 Å². The van der Waals surface area contributed by atoms with Crippen LogP contribution in [0, 0.1) is 6.92 Å². The molecular weight excluding hydrogens is 290 g/mol. The lowest BCUT2D eigenvalue weighted by molar-refractivity contribution is 0.451. The first kappa shape index (κ1) is 14.2. The number of rotatable bonds is 4. The molecule has 21 heavy (non-hydrogen) atoms. The van der Waals surface area contributed by atoms with E-state index in [0.717, 1.165) is 11.1 Å². The third kappa shape index (κ3) is 3.48. The summed E-state index contributed by atoms with van der Waals surface area (Å²) in [6.45, 7) is 2.39. The Bertz CT molecular complexity index is 739. The molecule has 3 rings (SSSR count). The van der Waals surface area contributed by atoms with Crippen LogP contribution in [0.25, 0.3) is 11.5 Å². The molecule has 1 N–H and O–H groups in total. The highest BCUT2D eigenvalue weighted by atomic mass is 32.2. The van der Waals surface area contributed by atoms with Crippen LogP contribution >= 0.6 is 0 Å². The van der Waals surface area contributed by atoms with Crippen molar-refractivity contribution in [1.82, 2.24) is 15.5 Å². The van der Waals surface area contributed by atoms with Gasteiger partial charge in [0, 0.05) is 11.6 Å². The molecule has 0 aliphatic carbocycles. The largest absolute Gasteiger partial charge is 0.419 e. The molecule has 1 saturated heterocycles. The molecule has 0 spiro atoms. The van der Waals surface area contributed by atoms with Gasteiger partial charge in [0.15, 0.2) is 9.84 Å². The van der Waals surface area contributed by atoms with Crippen molar-refractivity contribution < 1.29 is 12.8 Å². The summed E-state index contributed by atoms with van der Waals surface area (Å²) in [6.07, 6.45) is 0.640. The molecule has 1 atom stereocenters. The van der Waals surface area contributed by atoms with Gasteiger partial charge in [-0.3, -0.25) is 0 Å². The van der Waals surface area contributed by atoms with Crippen molar-refractivity contribution in [1.29, 1.82) is 0 Å². The molecule has 1 aliphatic heterocycles. The van der Waals surface area contributed by atoms with E-state index in [9.17, 15) is 8.42 Å². The molecule has 0 amide bonds. The Kier molecular flexibility index (Phi) is 3.77. The molecule has 1 aliphatic rings. The number of nitrogens with one attached hydrogen (secondary N) is 1. The first-order valence-corrected chi connectivity index (χ1v) is 8.67. The van der Waals surface area contributed by atoms with Gasteiger partial charge in [-0.25, -0.2) is 8.42 Å². The fraction of sp³-hybridized carbons (Fsp3) is 0.429. The molecule has 112 valence electrons. The third-order valence-electron chi connectivity index (χ3n) is 3.51. The molecule has 2 heterocycles. The third-order valence-corrected chi connectivity index (χ3v) is 5.27. The first-order chi connectivity index (χ1) is 10.0. The summed E-state index contributed by atoms with van der Waals surface area (Å²) in [5, 5.41) is 11.2. The summed E-state index contributed by atoms with van der Waals surface area (Å²) in [7, 11) is -2.87. The minimum atomic E-state index is -2.87. The van der Waals surface area contributed by atoms with Crippen LogP contribution < -0.4 is 5.32 Å². The van der Waals surface area contributed by atoms with E-state index in [1.165, 1.54) is 0 Å². The maximum atomic E-state index is 11.4. The average Bonchev–Trinajstić information content (AvgIpc) is 3.03. The van der Waals surface area contributed by atoms with E-state index in [-0.39, 0.29) is 17.5 Å². The molecule has 1 unspecified atom stereocenters. The predicted octanol–water partition coefficient (Wildman–Crippen LogP) is 1.32. The Morgan fingerprint density at radius 2 is 2.24 bits per heavy atom. The Morgan fingerprint density at radius 3 is 2.95 bits per heavy atom. The lowest BCUT2D eigenvalue weighted by atomic mass is 10.1. The van der Waals surface area contributed by atoms with E-state index in [4.69, 9.17) is 4.42 Å². The SMILES string of the molecule is Cc1cccc(-c2nnc(CNC3CCS(=O)(=O)C3)o2)c1. The van der Waals surface area contributed by atoms with E-state index >= 15 is 0 Å². The Labute approximate surface area is 123 Å². The second-order valence-corrected chi connectivity index (χ2v) is 7.58. The summed E-state index contributed by atoms with van der Waals surface area (Å²) >= 11 is 0. The topological polar surface area (TPSA) is 85.1 Å². The van der Waals surface area contributed by atoms with Crippen LogP contribution in [0.2, 0.25) is 0 Å². The van der Waals surface area contributed by atoms with Crippen molar-refractivity contribution in [3.63, 3.8) is 0 Å². The predicted molar refractivity (Wildman–Crippen MR) is 78.4 cm³/mol. The Hall–Kier alpha value is -1.73. The number of nitrogens with zero attached hydrogens (tertiary/aromatic N) is 2. The zero-order valence-corrected chi connectivity index (χ0v) is 12.6. The van der Waals surface area contributed by atoms with Gasteiger partial charge in [-0.2, -0.15) is 0 Å². The summed E-state index contributed by atoms with van der Waals surface area (Å²) in [5.41, 5.74) is 2.01. The zero-order chi connectivity index (χ0) is 14.9. The quantitative estimate of drug-likeness (QED) is 0.917. The lowest BCUT2D eigenvalue weighted by Gasteiger charge is -2.07. The summed E-state index contributed by atoms with van der Waals surface area (Å²) in [4.78, 5) is 0. The number of aromatic nitrogens is 2. The summed E-state index contributed by atoms with van der Waals surface area (Å²) < 4.78 is 28.4. The maximum absolute atomic E-state index is 11.4. The van der Waals surface area contributed by atoms with E-state index in [2.05, 4.69) is 15.5 Å². The maximum Gasteiger partial charge on any atom is 0.247 e. The fourth-order valence-electron chi connectivity index (χ4n) is 2.41. The van der Waals surface area contributed by atoms with Crippen LogP contribution in [0.4, 0.5) is 0 Å². The number of hydrogen-bond acceptors (Lipinski definition) is 6. The molecule has 7 heteroatoms. The standard InChI is InChI=1S/C14H17N3O3S/c1-10-3-2-4-11(7-10)14-17-16-13(20-14)8-15-12-5-6-21(18,19)9-12/h2-4,7,12,15H,5-6,8-9H2,1H3. The van der Waals surface area contributed by atoms with Gasteiger partial charge in [0.05, 0.1) is 18.1 Å². The highest BCUT2D eigenvalue weighted by molar-refractivity contribution is 7.91. The number of aryl methyl sites for hydroxylation is 1. The van der Waals surface area contributed by atoms with Gasteiger partial charge >= 0.3 is 0 Å². The van der Waals surface area contributed by atoms with Crippen molar-refractivity contribution in [2.24, 2.45) is 0 Å². The smallest absolute Gasteiger partial charge is 0.247 e. The van der Waals surface area contributed by atoms with Gasteiger partial charge in [0.1, 0.15) is 0 Å². The molecular formula is C14H17N3O3S. The zero-order valence-electron chi connectivity index (χ0n) is 11.7. The second-order valence-electron chi connectivity index (χ2n) is 5.35. The minimum absolute atomic E-state index is 0.0238. The fourth-order valence-corrected chi connectivity index (χ4v) is 4.12. The highest BCUT2D eigenvalue weighted by Crippen LogP contribution is 2.19. The number of hydrogen-bond donors (Lipinski definition) is 1. The van der Waals surface area contributed by atoms with Crippen molar-refractivity contribution in [2.75, 3.05) is 11.5 Å². The van der Waals surface area contributed by atoms with Crippen LogP contribution in [0.3, 0.4) is 0 Å². The molecule has 0 bridgehead atoms. The summed E-state index contributed by atoms with van der Waals surface area (Å²) in [6, 6.07) is 7.82. The van der Waals surface area contributed by atoms with Gasteiger partial charge in [0.2, 0.25) is 11.8 Å². The van der Waals surface area contributed by atoms with Crippen molar-refractivity contribution in [2.45, 2.75) is 25.9 Å². The van der Waals surface area contributed by atoms with Gasteiger partial charge in [-0.15, -0.1) is 10.2 Å². The van der Waals surface area contributed by atoms with E-state index in [1.807, 2.05) is 31.2 Å². The number of benzene rings is 1. The summed E-state index contributed by atoms with van der Waals surface area (Å²) in [5.74, 6) is 1.39. The van der Waals surface area contributed by atoms with Gasteiger partial charge in [-0.1, -0.05) is 17.7 Å². The van der Waals surface area contributed by atoms with E-state index in [0.29, 0.717) is 24.7 Å². The van der Waals surface area contributed by atoms with E-state index in [1.54, 1.807) is 0 Å². The van der Waals surface area contributed by atoms with Crippen LogP contribution in [0.15, 0.2) is 28.7 Å². The molecule has 0 radical (unpaired) electrons. The monoisotopic (exact) mass is 307 g/mol. The van der Waals surface area contributed by atoms with Crippen molar-refractivity contribution in [3.05, 3.63) is 35.7 Å². The first-order valence-electron chi connectivity index (χ1n) is 6.85. The van der Waals surface area contributed by atoms with Gasteiger partial charge < -0.3 is 9.73 Å². The number of sulfone groups is 1. The van der Waals surface area contributed by atoms with E-state index < -0.39 is 9.84 Å². The van der Waals surface area contributed by atoms with Crippen molar-refractivity contribution >= 4 is 9.84 Å². The van der Waals surface area contributed by atoms with Gasteiger partial charge in [-0.05, 0) is 25.5 Å². The highest BCUT2D eigenvalue weighted by Gasteiger charge is 2.27. The molecule has 6 nitrogen and oxygen atoms in total.